The van der Waals surface area contributed by atoms with Crippen molar-refractivity contribution in [2.24, 2.45) is 4.99 Å². The van der Waals surface area contributed by atoms with Crippen LogP contribution in [0.15, 0.2) is 138 Å². The number of alkyl carbamates (subject to hydrolysis) is 2. The Balaban J connectivity index is 1.25. The minimum absolute atomic E-state index is 0.0144. The number of guanidine groups is 1. The third-order valence-electron chi connectivity index (χ3n) is 8.92. The number of fused-ring (bicyclic) bond motifs is 1. The molecular formula is C45H48N6O7. The fourth-order valence-corrected chi connectivity index (χ4v) is 6.00. The van der Waals surface area contributed by atoms with Crippen LogP contribution < -0.4 is 26.6 Å². The number of aliphatic imine (C=N–C) groups is 1. The molecule has 5 N–H and O–H groups in total. The topological polar surface area (TPSA) is 176 Å². The van der Waals surface area contributed by atoms with E-state index < -0.39 is 36.1 Å². The molecule has 0 saturated carbocycles. The van der Waals surface area contributed by atoms with Crippen LogP contribution >= 0.6 is 0 Å². The van der Waals surface area contributed by atoms with Crippen LogP contribution in [0, 0.1) is 0 Å². The number of benzene rings is 5. The van der Waals surface area contributed by atoms with Gasteiger partial charge in [0.25, 0.3) is 0 Å². The molecule has 0 unspecified atom stereocenters. The third kappa shape index (κ3) is 14.6. The van der Waals surface area contributed by atoms with Gasteiger partial charge in [-0.15, -0.1) is 0 Å². The van der Waals surface area contributed by atoms with Gasteiger partial charge in [-0.3, -0.25) is 30.0 Å². The largest absolute Gasteiger partial charge is 0.444 e. The zero-order chi connectivity index (χ0) is 41.0. The van der Waals surface area contributed by atoms with Crippen LogP contribution in [0.25, 0.3) is 10.8 Å². The normalized spacial score (nSPS) is 11.6. The van der Waals surface area contributed by atoms with E-state index in [9.17, 15) is 24.0 Å². The summed E-state index contributed by atoms with van der Waals surface area (Å²) in [6.07, 6.45) is -0.551. The second-order valence-corrected chi connectivity index (χ2v) is 13.5. The van der Waals surface area contributed by atoms with Crippen molar-refractivity contribution in [3.8, 4) is 0 Å². The van der Waals surface area contributed by atoms with Crippen molar-refractivity contribution in [3.63, 3.8) is 0 Å². The summed E-state index contributed by atoms with van der Waals surface area (Å²) >= 11 is 0. The molecule has 2 atom stereocenters. The van der Waals surface area contributed by atoms with Gasteiger partial charge in [-0.1, -0.05) is 133 Å². The van der Waals surface area contributed by atoms with E-state index in [0.29, 0.717) is 13.0 Å². The molecule has 0 spiro atoms. The van der Waals surface area contributed by atoms with Gasteiger partial charge in [0.05, 0.1) is 0 Å². The summed E-state index contributed by atoms with van der Waals surface area (Å²) in [4.78, 5) is 69.3. The Hall–Kier alpha value is -7.02. The van der Waals surface area contributed by atoms with Gasteiger partial charge in [-0.25, -0.2) is 9.59 Å². The SMILES string of the molecule is CC(=O)N[C@H](Cc1ccccc1)C(=O)N[C@@H](CCCN=C(NC(=O)OCc1ccccc1)NC(=O)OCc1ccccc1)C(=O)NCCc1ccc2ccccc2c1. The van der Waals surface area contributed by atoms with Crippen molar-refractivity contribution in [1.82, 2.24) is 26.6 Å². The monoisotopic (exact) mass is 784 g/mol. The quantitative estimate of drug-likeness (QED) is 0.0455. The first kappa shape index (κ1) is 42.1. The second-order valence-electron chi connectivity index (χ2n) is 13.5. The summed E-state index contributed by atoms with van der Waals surface area (Å²) < 4.78 is 10.6. The third-order valence-corrected chi connectivity index (χ3v) is 8.92. The van der Waals surface area contributed by atoms with Crippen LogP contribution in [-0.2, 0) is 49.9 Å². The number of carbonyl (C=O) groups is 5. The number of rotatable bonds is 17. The summed E-state index contributed by atoms with van der Waals surface area (Å²) in [5, 5.41) is 15.6. The number of hydrogen-bond donors (Lipinski definition) is 5. The fourth-order valence-electron chi connectivity index (χ4n) is 6.00. The predicted octanol–water partition coefficient (Wildman–Crippen LogP) is 5.72. The number of nitrogens with zero attached hydrogens (tertiary/aromatic N) is 1. The maximum Gasteiger partial charge on any atom is 0.414 e. The smallest absolute Gasteiger partial charge is 0.414 e. The van der Waals surface area contributed by atoms with Crippen molar-refractivity contribution >= 4 is 46.6 Å². The van der Waals surface area contributed by atoms with Crippen LogP contribution in [0.5, 0.6) is 0 Å². The van der Waals surface area contributed by atoms with Gasteiger partial charge in [0.2, 0.25) is 23.7 Å². The van der Waals surface area contributed by atoms with E-state index in [1.54, 1.807) is 24.3 Å². The highest BCUT2D eigenvalue weighted by atomic mass is 16.6. The molecule has 5 amide bonds. The molecule has 13 heteroatoms. The predicted molar refractivity (Wildman–Crippen MR) is 221 cm³/mol. The first-order chi connectivity index (χ1) is 28.2. The minimum Gasteiger partial charge on any atom is -0.444 e. The highest BCUT2D eigenvalue weighted by Crippen LogP contribution is 2.16. The van der Waals surface area contributed by atoms with Gasteiger partial charge >= 0.3 is 12.2 Å². The lowest BCUT2D eigenvalue weighted by Gasteiger charge is -2.23. The van der Waals surface area contributed by atoms with Crippen LogP contribution in [-0.4, -0.2) is 61.0 Å². The standard InChI is InChI=1S/C45H48N6O7/c1-32(52)48-40(29-33-14-5-2-6-15-33)42(54)49-39(41(53)46-27-25-34-23-24-37-20-11-12-21-38(37)28-34)22-13-26-47-43(50-44(55)57-30-35-16-7-3-8-17-35)51-45(56)58-31-36-18-9-4-10-19-36/h2-12,14-21,23-24,28,39-40H,13,22,25-27,29-31H2,1H3,(H,46,53)(H,48,52)(H,49,54)(H2,47,50,51,55,56)/t39-,40+/m0/s1. The number of ether oxygens (including phenoxy) is 2. The zero-order valence-electron chi connectivity index (χ0n) is 32.3. The molecule has 0 radical (unpaired) electrons. The summed E-state index contributed by atoms with van der Waals surface area (Å²) in [5.41, 5.74) is 3.40. The number of nitrogens with one attached hydrogen (secondary N) is 5. The molecule has 0 aliphatic rings. The molecule has 5 rings (SSSR count). The second kappa shape index (κ2) is 22.5. The summed E-state index contributed by atoms with van der Waals surface area (Å²) in [7, 11) is 0. The number of amides is 5. The lowest BCUT2D eigenvalue weighted by Crippen LogP contribution is -2.54. The average molecular weight is 785 g/mol. The molecule has 13 nitrogen and oxygen atoms in total. The molecule has 58 heavy (non-hydrogen) atoms. The van der Waals surface area contributed by atoms with E-state index in [2.05, 4.69) is 37.6 Å². The van der Waals surface area contributed by atoms with Crippen LogP contribution in [0.3, 0.4) is 0 Å². The molecule has 0 bridgehead atoms. The zero-order valence-corrected chi connectivity index (χ0v) is 32.3. The van der Waals surface area contributed by atoms with E-state index in [1.807, 2.05) is 103 Å². The van der Waals surface area contributed by atoms with Gasteiger partial charge in [-0.05, 0) is 52.3 Å². The Labute approximate surface area is 337 Å². The van der Waals surface area contributed by atoms with Crippen molar-refractivity contribution in [1.29, 1.82) is 0 Å². The molecule has 0 saturated heterocycles. The van der Waals surface area contributed by atoms with E-state index in [1.165, 1.54) is 6.92 Å². The van der Waals surface area contributed by atoms with Crippen LogP contribution in [0.4, 0.5) is 9.59 Å². The summed E-state index contributed by atoms with van der Waals surface area (Å²) in [6.45, 7) is 1.64. The van der Waals surface area contributed by atoms with Gasteiger partial charge < -0.3 is 25.4 Å². The molecular weight excluding hydrogens is 737 g/mol. The Morgan fingerprint density at radius 3 is 1.72 bits per heavy atom. The highest BCUT2D eigenvalue weighted by molar-refractivity contribution is 6.01. The van der Waals surface area contributed by atoms with Gasteiger partial charge in [0.1, 0.15) is 25.3 Å². The maximum atomic E-state index is 13.7. The fraction of sp³-hybridized carbons (Fsp3) is 0.244. The number of hydrogen-bond acceptors (Lipinski definition) is 8. The Kier molecular flexibility index (Phi) is 16.4. The van der Waals surface area contributed by atoms with Crippen molar-refractivity contribution in [3.05, 3.63) is 156 Å². The van der Waals surface area contributed by atoms with E-state index in [4.69, 9.17) is 9.47 Å². The average Bonchev–Trinajstić information content (AvgIpc) is 3.23. The molecule has 300 valence electrons. The van der Waals surface area contributed by atoms with Crippen molar-refractivity contribution in [2.75, 3.05) is 13.1 Å². The molecule has 0 fully saturated rings. The lowest BCUT2D eigenvalue weighted by molar-refractivity contribution is -0.131. The highest BCUT2D eigenvalue weighted by Gasteiger charge is 2.26. The Morgan fingerprint density at radius 2 is 1.14 bits per heavy atom. The molecule has 5 aromatic carbocycles. The van der Waals surface area contributed by atoms with Crippen molar-refractivity contribution in [2.45, 2.75) is 57.9 Å². The van der Waals surface area contributed by atoms with Crippen LogP contribution in [0.2, 0.25) is 0 Å². The van der Waals surface area contributed by atoms with Gasteiger partial charge in [0, 0.05) is 26.4 Å². The molecule has 0 aliphatic heterocycles. The van der Waals surface area contributed by atoms with Gasteiger partial charge in [-0.2, -0.15) is 0 Å². The molecule has 0 aromatic heterocycles. The molecule has 0 heterocycles. The van der Waals surface area contributed by atoms with E-state index in [0.717, 1.165) is 33.0 Å². The van der Waals surface area contributed by atoms with E-state index in [-0.39, 0.29) is 50.9 Å². The summed E-state index contributed by atoms with van der Waals surface area (Å²) in [5.74, 6) is -1.54. The number of carbonyl (C=O) groups excluding carboxylic acids is 5. The molecule has 5 aromatic rings. The summed E-state index contributed by atoms with van der Waals surface area (Å²) in [6, 6.07) is 39.6. The van der Waals surface area contributed by atoms with Crippen molar-refractivity contribution < 1.29 is 33.4 Å². The minimum atomic E-state index is -0.998. The first-order valence-electron chi connectivity index (χ1n) is 19.1. The molecule has 0 aliphatic carbocycles. The lowest BCUT2D eigenvalue weighted by atomic mass is 10.0. The Bertz CT molecular complexity index is 2090. The van der Waals surface area contributed by atoms with E-state index >= 15 is 0 Å². The Morgan fingerprint density at radius 1 is 0.586 bits per heavy atom. The first-order valence-corrected chi connectivity index (χ1v) is 19.1. The van der Waals surface area contributed by atoms with Gasteiger partial charge in [0.15, 0.2) is 0 Å². The maximum absolute atomic E-state index is 13.7. The van der Waals surface area contributed by atoms with Crippen LogP contribution in [0.1, 0.15) is 42.0 Å².